The van der Waals surface area contributed by atoms with Crippen LogP contribution in [0.5, 0.6) is 0 Å². The quantitative estimate of drug-likeness (QED) is 0.837. The van der Waals surface area contributed by atoms with Gasteiger partial charge >= 0.3 is 0 Å². The zero-order chi connectivity index (χ0) is 13.9. The van der Waals surface area contributed by atoms with E-state index >= 15 is 0 Å². The molecule has 3 rings (SSSR count). The van der Waals surface area contributed by atoms with Gasteiger partial charge < -0.3 is 10.6 Å². The highest BCUT2D eigenvalue weighted by Crippen LogP contribution is 2.47. The summed E-state index contributed by atoms with van der Waals surface area (Å²) in [5.41, 5.74) is 2.51. The van der Waals surface area contributed by atoms with Gasteiger partial charge in [0, 0.05) is 24.0 Å². The molecule has 1 aromatic carbocycles. The van der Waals surface area contributed by atoms with Crippen LogP contribution in [0.4, 0.5) is 0 Å². The lowest BCUT2D eigenvalue weighted by Gasteiger charge is -2.14. The van der Waals surface area contributed by atoms with E-state index in [1.165, 1.54) is 11.1 Å². The van der Waals surface area contributed by atoms with Crippen LogP contribution in [0.1, 0.15) is 24.3 Å². The van der Waals surface area contributed by atoms with Crippen molar-refractivity contribution in [3.8, 4) is 0 Å². The van der Waals surface area contributed by atoms with Crippen LogP contribution in [-0.2, 0) is 4.79 Å². The molecule has 1 saturated carbocycles. The van der Waals surface area contributed by atoms with Crippen molar-refractivity contribution in [1.82, 2.24) is 10.6 Å². The third-order valence-electron chi connectivity index (χ3n) is 4.05. The lowest BCUT2D eigenvalue weighted by molar-refractivity contribution is -0.122. The molecule has 2 N–H and O–H groups in total. The van der Waals surface area contributed by atoms with Crippen LogP contribution in [-0.4, -0.2) is 25.5 Å². The second-order valence-corrected chi connectivity index (χ2v) is 5.97. The Hall–Kier alpha value is -1.32. The standard InChI is InChI=1S/C16H19ClN2O/c17-13-3-1-2-12(8-13)14-9-15(14)16(20)19-10-11-4-6-18-7-5-11/h1-4,8,14-15,18H,5-7,9-10H2,(H,19,20). The molecule has 0 saturated heterocycles. The number of nitrogens with one attached hydrogen (secondary N) is 2. The normalized spacial score (nSPS) is 24.9. The Labute approximate surface area is 124 Å². The summed E-state index contributed by atoms with van der Waals surface area (Å²) in [6.07, 6.45) is 4.14. The Balaban J connectivity index is 1.51. The van der Waals surface area contributed by atoms with Crippen molar-refractivity contribution >= 4 is 17.5 Å². The zero-order valence-electron chi connectivity index (χ0n) is 11.4. The van der Waals surface area contributed by atoms with Crippen LogP contribution in [0.2, 0.25) is 5.02 Å². The lowest BCUT2D eigenvalue weighted by Crippen LogP contribution is -2.30. The second-order valence-electron chi connectivity index (χ2n) is 5.54. The Morgan fingerprint density at radius 1 is 1.45 bits per heavy atom. The molecule has 20 heavy (non-hydrogen) atoms. The van der Waals surface area contributed by atoms with Gasteiger partial charge in [-0.3, -0.25) is 4.79 Å². The van der Waals surface area contributed by atoms with Gasteiger partial charge in [-0.1, -0.05) is 35.4 Å². The molecule has 1 heterocycles. The molecule has 2 unspecified atom stereocenters. The summed E-state index contributed by atoms with van der Waals surface area (Å²) >= 11 is 5.99. The van der Waals surface area contributed by atoms with Crippen molar-refractivity contribution in [3.63, 3.8) is 0 Å². The molecule has 106 valence electrons. The minimum absolute atomic E-state index is 0.121. The first-order valence-corrected chi connectivity index (χ1v) is 7.53. The first kappa shape index (κ1) is 13.7. The molecule has 0 aromatic heterocycles. The molecule has 1 aliphatic carbocycles. The van der Waals surface area contributed by atoms with Gasteiger partial charge in [-0.15, -0.1) is 0 Å². The van der Waals surface area contributed by atoms with Crippen molar-refractivity contribution in [2.24, 2.45) is 5.92 Å². The van der Waals surface area contributed by atoms with E-state index < -0.39 is 0 Å². The van der Waals surface area contributed by atoms with E-state index in [-0.39, 0.29) is 11.8 Å². The lowest BCUT2D eigenvalue weighted by atomic mass is 10.1. The average molecular weight is 291 g/mol. The number of carbonyl (C=O) groups is 1. The van der Waals surface area contributed by atoms with E-state index in [0.717, 1.165) is 31.0 Å². The fourth-order valence-corrected chi connectivity index (χ4v) is 2.95. The highest BCUT2D eigenvalue weighted by Gasteiger charge is 2.43. The summed E-state index contributed by atoms with van der Waals surface area (Å²) < 4.78 is 0. The van der Waals surface area contributed by atoms with Gasteiger partial charge in [0.2, 0.25) is 5.91 Å². The first-order chi connectivity index (χ1) is 9.74. The van der Waals surface area contributed by atoms with Crippen LogP contribution in [0, 0.1) is 5.92 Å². The largest absolute Gasteiger partial charge is 0.352 e. The van der Waals surface area contributed by atoms with E-state index in [1.807, 2.05) is 18.2 Å². The van der Waals surface area contributed by atoms with Crippen LogP contribution >= 0.6 is 11.6 Å². The van der Waals surface area contributed by atoms with E-state index in [1.54, 1.807) is 0 Å². The number of benzene rings is 1. The molecule has 3 nitrogen and oxygen atoms in total. The summed E-state index contributed by atoms with van der Waals surface area (Å²) in [5.74, 6) is 0.640. The highest BCUT2D eigenvalue weighted by molar-refractivity contribution is 6.30. The third-order valence-corrected chi connectivity index (χ3v) is 4.29. The smallest absolute Gasteiger partial charge is 0.224 e. The van der Waals surface area contributed by atoms with Gasteiger partial charge in [-0.25, -0.2) is 0 Å². The van der Waals surface area contributed by atoms with Crippen molar-refractivity contribution in [2.45, 2.75) is 18.8 Å². The maximum absolute atomic E-state index is 12.1. The molecule has 1 aliphatic heterocycles. The van der Waals surface area contributed by atoms with E-state index in [2.05, 4.69) is 22.8 Å². The predicted molar refractivity (Wildman–Crippen MR) is 80.9 cm³/mol. The number of hydrogen-bond donors (Lipinski definition) is 2. The minimum atomic E-state index is 0.121. The van der Waals surface area contributed by atoms with E-state index in [9.17, 15) is 4.79 Å². The SMILES string of the molecule is O=C(NCC1=CCNCC1)C1CC1c1cccc(Cl)c1. The topological polar surface area (TPSA) is 41.1 Å². The molecular weight excluding hydrogens is 272 g/mol. The molecule has 0 radical (unpaired) electrons. The molecule has 4 heteroatoms. The fraction of sp³-hybridized carbons (Fsp3) is 0.438. The second kappa shape index (κ2) is 5.98. The van der Waals surface area contributed by atoms with Crippen LogP contribution in [0.15, 0.2) is 35.9 Å². The van der Waals surface area contributed by atoms with Crippen molar-refractivity contribution in [1.29, 1.82) is 0 Å². The van der Waals surface area contributed by atoms with Gasteiger partial charge in [0.1, 0.15) is 0 Å². The highest BCUT2D eigenvalue weighted by atomic mass is 35.5. The molecular formula is C16H19ClN2O. The van der Waals surface area contributed by atoms with E-state index in [4.69, 9.17) is 11.6 Å². The summed E-state index contributed by atoms with van der Waals surface area (Å²) in [4.78, 5) is 12.1. The Kier molecular flexibility index (Phi) is 4.08. The summed E-state index contributed by atoms with van der Waals surface area (Å²) in [7, 11) is 0. The molecule has 2 aliphatic rings. The molecule has 2 atom stereocenters. The Morgan fingerprint density at radius 3 is 3.10 bits per heavy atom. The third kappa shape index (κ3) is 3.22. The van der Waals surface area contributed by atoms with Gasteiger partial charge in [0.15, 0.2) is 0 Å². The molecule has 0 bridgehead atoms. The average Bonchev–Trinajstić information content (AvgIpc) is 3.26. The molecule has 1 aromatic rings. The molecule has 1 amide bonds. The van der Waals surface area contributed by atoms with E-state index in [0.29, 0.717) is 12.5 Å². The van der Waals surface area contributed by atoms with Crippen molar-refractivity contribution < 1.29 is 4.79 Å². The monoisotopic (exact) mass is 290 g/mol. The number of carbonyl (C=O) groups excluding carboxylic acids is 1. The zero-order valence-corrected chi connectivity index (χ0v) is 12.1. The summed E-state index contributed by atoms with van der Waals surface area (Å²) in [6, 6.07) is 7.84. The minimum Gasteiger partial charge on any atom is -0.352 e. The van der Waals surface area contributed by atoms with Gasteiger partial charge in [-0.2, -0.15) is 0 Å². The Bertz CT molecular complexity index is 541. The number of hydrogen-bond acceptors (Lipinski definition) is 2. The van der Waals surface area contributed by atoms with Crippen molar-refractivity contribution in [3.05, 3.63) is 46.5 Å². The molecule has 0 spiro atoms. The van der Waals surface area contributed by atoms with Gasteiger partial charge in [0.25, 0.3) is 0 Å². The number of amides is 1. The van der Waals surface area contributed by atoms with Gasteiger partial charge in [-0.05, 0) is 43.0 Å². The fourth-order valence-electron chi connectivity index (χ4n) is 2.75. The predicted octanol–water partition coefficient (Wildman–Crippen LogP) is 2.48. The molecule has 1 fully saturated rings. The maximum atomic E-state index is 12.1. The van der Waals surface area contributed by atoms with Crippen molar-refractivity contribution in [2.75, 3.05) is 19.6 Å². The number of rotatable bonds is 4. The number of halogens is 1. The first-order valence-electron chi connectivity index (χ1n) is 7.16. The Morgan fingerprint density at radius 2 is 2.35 bits per heavy atom. The van der Waals surface area contributed by atoms with Crippen LogP contribution in [0.3, 0.4) is 0 Å². The van der Waals surface area contributed by atoms with Crippen LogP contribution < -0.4 is 10.6 Å². The summed E-state index contributed by atoms with van der Waals surface area (Å²) in [6.45, 7) is 2.62. The maximum Gasteiger partial charge on any atom is 0.224 e. The van der Waals surface area contributed by atoms with Crippen LogP contribution in [0.25, 0.3) is 0 Å². The van der Waals surface area contributed by atoms with Gasteiger partial charge in [0.05, 0.1) is 0 Å². The summed E-state index contributed by atoms with van der Waals surface area (Å²) in [5, 5.41) is 7.07.